The normalized spacial score (nSPS) is 19.3. The maximum atomic E-state index is 15.0. The monoisotopic (exact) mass is 1070 g/mol. The predicted octanol–water partition coefficient (Wildman–Crippen LogP) is 11.0. The summed E-state index contributed by atoms with van der Waals surface area (Å²) in [6.45, 7) is 13.2. The number of aromatic nitrogens is 10. The Hall–Kier alpha value is -7.09. The van der Waals surface area contributed by atoms with Gasteiger partial charge in [0.2, 0.25) is 5.28 Å². The van der Waals surface area contributed by atoms with Crippen LogP contribution in [0.3, 0.4) is 0 Å². The van der Waals surface area contributed by atoms with Gasteiger partial charge in [0.25, 0.3) is 0 Å². The summed E-state index contributed by atoms with van der Waals surface area (Å²) < 4.78 is 62.1. The van der Waals surface area contributed by atoms with E-state index >= 15 is 0 Å². The van der Waals surface area contributed by atoms with E-state index in [-0.39, 0.29) is 45.3 Å². The molecule has 20 heteroatoms. The fourth-order valence-electron chi connectivity index (χ4n) is 11.8. The van der Waals surface area contributed by atoms with Crippen LogP contribution in [0, 0.1) is 37.1 Å². The minimum absolute atomic E-state index is 0.0835. The van der Waals surface area contributed by atoms with E-state index in [9.17, 15) is 27.2 Å². The van der Waals surface area contributed by atoms with Crippen LogP contribution in [0.5, 0.6) is 0 Å². The lowest BCUT2D eigenvalue weighted by Gasteiger charge is -2.33. The number of piperidine rings is 2. The van der Waals surface area contributed by atoms with Gasteiger partial charge in [-0.3, -0.25) is 24.4 Å². The highest BCUT2D eigenvalue weighted by Gasteiger charge is 2.41. The number of hydrogen-bond acceptors (Lipinski definition) is 13. The number of carbonyl (C=O) groups is 2. The number of anilines is 1. The zero-order valence-corrected chi connectivity index (χ0v) is 44.6. The highest BCUT2D eigenvalue weighted by atomic mass is 35.5. The summed E-state index contributed by atoms with van der Waals surface area (Å²) in [5.74, 6) is 0.950. The molecule has 12 rings (SSSR count). The Morgan fingerprint density at radius 2 is 0.974 bits per heavy atom. The van der Waals surface area contributed by atoms with Gasteiger partial charge in [-0.2, -0.15) is 0 Å². The molecule has 4 bridgehead atoms. The van der Waals surface area contributed by atoms with Crippen molar-refractivity contribution in [3.63, 3.8) is 0 Å². The van der Waals surface area contributed by atoms with E-state index in [1.165, 1.54) is 24.4 Å². The van der Waals surface area contributed by atoms with Crippen LogP contribution in [-0.4, -0.2) is 94.5 Å². The van der Waals surface area contributed by atoms with Crippen LogP contribution in [0.4, 0.5) is 23.4 Å². The smallest absolute Gasteiger partial charge is 0.222 e. The number of aryl methyl sites for hydroxylation is 2. The number of benzene rings is 2. The van der Waals surface area contributed by atoms with Crippen molar-refractivity contribution in [1.29, 1.82) is 0 Å². The third kappa shape index (κ3) is 11.3. The highest BCUT2D eigenvalue weighted by Crippen LogP contribution is 2.37. The van der Waals surface area contributed by atoms with E-state index < -0.39 is 23.3 Å². The summed E-state index contributed by atoms with van der Waals surface area (Å²) in [5, 5.41) is 0.283. The molecular formula is C57H60ClF4N13O2. The highest BCUT2D eigenvalue weighted by molar-refractivity contribution is 6.28. The third-order valence-electron chi connectivity index (χ3n) is 15.2. The second-order valence-corrected chi connectivity index (χ2v) is 21.5. The molecule has 0 spiro atoms. The number of rotatable bonds is 10. The van der Waals surface area contributed by atoms with E-state index in [1.807, 2.05) is 63.1 Å². The average Bonchev–Trinajstić information content (AvgIpc) is 4.09. The Morgan fingerprint density at radius 3 is 1.42 bits per heavy atom. The van der Waals surface area contributed by atoms with Crippen LogP contribution >= 0.6 is 11.6 Å². The molecule has 0 amide bonds. The van der Waals surface area contributed by atoms with Crippen LogP contribution in [0.15, 0.2) is 73.6 Å². The van der Waals surface area contributed by atoms with Gasteiger partial charge in [-0.25, -0.2) is 52.4 Å². The topological polar surface area (TPSA) is 180 Å². The first-order valence-electron chi connectivity index (χ1n) is 26.1. The van der Waals surface area contributed by atoms with Gasteiger partial charge in [0.05, 0.1) is 29.8 Å². The molecule has 4 saturated heterocycles. The van der Waals surface area contributed by atoms with Crippen LogP contribution in [0.1, 0.15) is 125 Å². The zero-order chi connectivity index (χ0) is 54.4. The van der Waals surface area contributed by atoms with Gasteiger partial charge in [0.15, 0.2) is 11.6 Å². The van der Waals surface area contributed by atoms with Crippen molar-refractivity contribution in [2.45, 2.75) is 149 Å². The molecule has 4 fully saturated rings. The lowest BCUT2D eigenvalue weighted by atomic mass is 10.0. The summed E-state index contributed by atoms with van der Waals surface area (Å²) >= 11 is 5.66. The number of nitrogen functional groups attached to an aromatic ring is 1. The molecule has 2 aromatic carbocycles. The summed E-state index contributed by atoms with van der Waals surface area (Å²) in [7, 11) is 0. The molecule has 0 aliphatic carbocycles. The van der Waals surface area contributed by atoms with E-state index in [0.29, 0.717) is 107 Å². The SMILES string of the molecule is Cc1nc2c(F)cc(-c3cc(Cc4ncc(CN5C6CCC5CC(=O)C6)cn4)ncc3F)cc2n1C(C)C.Cc1nc2c(F)cc(-c3cc(N)ncc3F)cc2n1C(C)C.O=C1CC2CCC(C1)N2Cc1cnc(Cl)nc1. The number of nitrogens with two attached hydrogens (primary N) is 1. The van der Waals surface area contributed by atoms with Gasteiger partial charge >= 0.3 is 0 Å². The quantitative estimate of drug-likeness (QED) is 0.101. The molecule has 4 aliphatic heterocycles. The van der Waals surface area contributed by atoms with Crippen LogP contribution in [-0.2, 0) is 29.1 Å². The number of imidazole rings is 2. The molecule has 2 N–H and O–H groups in total. The van der Waals surface area contributed by atoms with Crippen LogP contribution in [0.25, 0.3) is 44.3 Å². The molecule has 10 heterocycles. The first-order chi connectivity index (χ1) is 36.9. The lowest BCUT2D eigenvalue weighted by molar-refractivity contribution is -0.124. The number of halogens is 5. The maximum Gasteiger partial charge on any atom is 0.222 e. The van der Waals surface area contributed by atoms with Crippen molar-refractivity contribution in [2.75, 3.05) is 5.73 Å². The minimum atomic E-state index is -0.541. The Morgan fingerprint density at radius 1 is 0.558 bits per heavy atom. The number of fused-ring (bicyclic) bond motifs is 6. The van der Waals surface area contributed by atoms with E-state index in [4.69, 9.17) is 17.3 Å². The average molecular weight is 1070 g/mol. The number of carbonyl (C=O) groups excluding carboxylic acids is 2. The van der Waals surface area contributed by atoms with Crippen LogP contribution in [0.2, 0.25) is 5.28 Å². The van der Waals surface area contributed by atoms with Crippen molar-refractivity contribution in [3.05, 3.63) is 136 Å². The number of Topliss-reactive ketones (excluding diaryl/α,β-unsaturated/α-hetero) is 2. The van der Waals surface area contributed by atoms with E-state index in [2.05, 4.69) is 49.7 Å². The first-order valence-corrected chi connectivity index (χ1v) is 26.5. The Balaban J connectivity index is 0.000000145. The van der Waals surface area contributed by atoms with E-state index in [1.54, 1.807) is 30.6 Å². The van der Waals surface area contributed by atoms with Crippen LogP contribution < -0.4 is 5.73 Å². The fraction of sp³-hybridized carbons (Fsp3) is 0.404. The Bertz CT molecular complexity index is 3480. The maximum absolute atomic E-state index is 15.0. The van der Waals surface area contributed by atoms with Gasteiger partial charge < -0.3 is 14.9 Å². The number of ketones is 2. The van der Waals surface area contributed by atoms with E-state index in [0.717, 1.165) is 61.9 Å². The fourth-order valence-corrected chi connectivity index (χ4v) is 11.9. The summed E-state index contributed by atoms with van der Waals surface area (Å²) in [5.41, 5.74) is 11.5. The molecule has 4 atom stereocenters. The van der Waals surface area contributed by atoms with Crippen molar-refractivity contribution in [1.82, 2.24) is 58.8 Å². The largest absolute Gasteiger partial charge is 0.384 e. The molecule has 6 aromatic heterocycles. The number of nitrogens with zero attached hydrogens (tertiary/aromatic N) is 12. The standard InChI is InChI=1S/C29H30F2N6O.C16H16F2N4.C12H14ClN3O/c1-16(2)37-17(3)35-29-25(30)6-19(7-27(29)37)24-8-20(32-14-26(24)31)9-28-33-12-18(13-34-28)15-36-21-4-5-22(36)11-23(38)10-21;1-8(2)22-9(3)21-16-12(17)4-10(5-14(16)22)11-6-15(19)20-7-13(11)18;13-12-14-5-8(6-15-12)7-16-9-1-2-10(16)4-11(17)3-9/h6-8,12-14,16,21-22H,4-5,9-11,15H2,1-3H3;4-8H,1-3H3,(H2,19,20);5-6,9-10H,1-4,7H2. The summed E-state index contributed by atoms with van der Waals surface area (Å²) in [6.07, 6.45) is 16.9. The van der Waals surface area contributed by atoms with Gasteiger partial charge in [0, 0.05) is 128 Å². The molecule has 0 saturated carbocycles. The molecule has 8 aromatic rings. The first kappa shape index (κ1) is 53.3. The van der Waals surface area contributed by atoms with Gasteiger partial charge in [-0.15, -0.1) is 0 Å². The predicted molar refractivity (Wildman–Crippen MR) is 285 cm³/mol. The molecular weight excluding hydrogens is 1010 g/mol. The molecule has 4 unspecified atom stereocenters. The molecule has 77 heavy (non-hydrogen) atoms. The number of hydrogen-bond donors (Lipinski definition) is 1. The summed E-state index contributed by atoms with van der Waals surface area (Å²) in [4.78, 5) is 61.8. The van der Waals surface area contributed by atoms with Gasteiger partial charge in [-0.05, 0) is 126 Å². The molecule has 15 nitrogen and oxygen atoms in total. The lowest BCUT2D eigenvalue weighted by Crippen LogP contribution is -2.42. The third-order valence-corrected chi connectivity index (χ3v) is 15.4. The number of pyridine rings is 2. The van der Waals surface area contributed by atoms with Gasteiger partial charge in [0.1, 0.15) is 57.5 Å². The zero-order valence-electron chi connectivity index (χ0n) is 43.8. The summed E-state index contributed by atoms with van der Waals surface area (Å²) in [6, 6.07) is 10.9. The second-order valence-electron chi connectivity index (χ2n) is 21.2. The molecule has 4 aliphatic rings. The minimum Gasteiger partial charge on any atom is -0.384 e. The van der Waals surface area contributed by atoms with Crippen molar-refractivity contribution in [3.8, 4) is 22.3 Å². The second kappa shape index (κ2) is 22.1. The van der Waals surface area contributed by atoms with Crippen molar-refractivity contribution < 1.29 is 27.2 Å². The molecule has 0 radical (unpaired) electrons. The Kier molecular flexibility index (Phi) is 15.3. The Labute approximate surface area is 448 Å². The van der Waals surface area contributed by atoms with Crippen molar-refractivity contribution in [2.24, 2.45) is 0 Å². The van der Waals surface area contributed by atoms with Crippen molar-refractivity contribution >= 4 is 51.1 Å². The molecule has 400 valence electrons. The van der Waals surface area contributed by atoms with Gasteiger partial charge in [-0.1, -0.05) is 0 Å².